The van der Waals surface area contributed by atoms with Crippen LogP contribution in [0.15, 0.2) is 28.7 Å². The zero-order chi connectivity index (χ0) is 13.1. The lowest BCUT2D eigenvalue weighted by Crippen LogP contribution is -2.34. The van der Waals surface area contributed by atoms with E-state index < -0.39 is 0 Å². The van der Waals surface area contributed by atoms with E-state index in [1.54, 1.807) is 0 Å². The third kappa shape index (κ3) is 3.34. The fourth-order valence-corrected chi connectivity index (χ4v) is 3.56. The normalized spacial score (nSPS) is 26.3. The molecule has 1 saturated carbocycles. The number of halogens is 1. The number of rotatable bonds is 3. The molecule has 2 N–H and O–H groups in total. The second-order valence-electron chi connectivity index (χ2n) is 5.64. The number of nitrogens with zero attached hydrogens (tertiary/aromatic N) is 1. The van der Waals surface area contributed by atoms with Crippen molar-refractivity contribution in [3.8, 4) is 0 Å². The van der Waals surface area contributed by atoms with Crippen LogP contribution in [0.3, 0.4) is 0 Å². The fraction of sp³-hybridized carbons (Fsp3) is 0.600. The van der Waals surface area contributed by atoms with Crippen LogP contribution in [-0.2, 0) is 0 Å². The summed E-state index contributed by atoms with van der Waals surface area (Å²) in [5.74, 6) is 0.731. The van der Waals surface area contributed by atoms with Crippen molar-refractivity contribution in [2.24, 2.45) is 11.7 Å². The highest BCUT2D eigenvalue weighted by molar-refractivity contribution is 9.10. The molecule has 3 heteroatoms. The largest absolute Gasteiger partial charge is 0.328 e. The molecule has 0 spiro atoms. The lowest BCUT2D eigenvalue weighted by molar-refractivity contribution is 0.164. The highest BCUT2D eigenvalue weighted by Crippen LogP contribution is 2.37. The van der Waals surface area contributed by atoms with Gasteiger partial charge < -0.3 is 10.6 Å². The molecule has 0 aromatic heterocycles. The molecule has 18 heavy (non-hydrogen) atoms. The number of benzene rings is 1. The maximum atomic E-state index is 6.01. The van der Waals surface area contributed by atoms with E-state index in [9.17, 15) is 0 Å². The van der Waals surface area contributed by atoms with Crippen molar-refractivity contribution >= 4 is 15.9 Å². The Balaban J connectivity index is 2.18. The van der Waals surface area contributed by atoms with Crippen LogP contribution in [0.2, 0.25) is 0 Å². The van der Waals surface area contributed by atoms with E-state index in [1.807, 2.05) is 0 Å². The van der Waals surface area contributed by atoms with Crippen LogP contribution in [0.25, 0.3) is 0 Å². The number of hydrogen-bond acceptors (Lipinski definition) is 2. The topological polar surface area (TPSA) is 29.3 Å². The molecule has 1 aromatic carbocycles. The monoisotopic (exact) mass is 310 g/mol. The second-order valence-corrected chi connectivity index (χ2v) is 6.55. The SMILES string of the molecule is CN(C)C(c1cccc(Br)c1)C1CCC(N)CC1. The van der Waals surface area contributed by atoms with Gasteiger partial charge in [0.25, 0.3) is 0 Å². The Morgan fingerprint density at radius 1 is 1.22 bits per heavy atom. The predicted octanol–water partition coefficient (Wildman–Crippen LogP) is 3.57. The molecule has 0 aliphatic heterocycles. The third-order valence-electron chi connectivity index (χ3n) is 4.01. The van der Waals surface area contributed by atoms with Crippen molar-refractivity contribution in [1.82, 2.24) is 4.90 Å². The molecule has 1 atom stereocenters. The minimum atomic E-state index is 0.423. The highest BCUT2D eigenvalue weighted by Gasteiger charge is 2.28. The van der Waals surface area contributed by atoms with Gasteiger partial charge in [-0.25, -0.2) is 0 Å². The summed E-state index contributed by atoms with van der Waals surface area (Å²) in [6.45, 7) is 0. The quantitative estimate of drug-likeness (QED) is 0.924. The average molecular weight is 311 g/mol. The molecule has 1 aliphatic carbocycles. The average Bonchev–Trinajstić information content (AvgIpc) is 2.32. The Hall–Kier alpha value is -0.380. The smallest absolute Gasteiger partial charge is 0.0370 e. The molecule has 1 fully saturated rings. The molecule has 2 nitrogen and oxygen atoms in total. The first-order valence-corrected chi connectivity index (χ1v) is 7.54. The van der Waals surface area contributed by atoms with Gasteiger partial charge in [-0.1, -0.05) is 28.1 Å². The van der Waals surface area contributed by atoms with E-state index in [0.717, 1.165) is 5.92 Å². The van der Waals surface area contributed by atoms with Gasteiger partial charge in [-0.15, -0.1) is 0 Å². The molecule has 0 radical (unpaired) electrons. The molecule has 0 saturated heterocycles. The van der Waals surface area contributed by atoms with Gasteiger partial charge in [0.05, 0.1) is 0 Å². The van der Waals surface area contributed by atoms with Gasteiger partial charge in [-0.2, -0.15) is 0 Å². The van der Waals surface area contributed by atoms with Gasteiger partial charge in [-0.05, 0) is 63.4 Å². The van der Waals surface area contributed by atoms with Crippen LogP contribution in [0.5, 0.6) is 0 Å². The Morgan fingerprint density at radius 3 is 2.44 bits per heavy atom. The molecule has 0 amide bonds. The van der Waals surface area contributed by atoms with E-state index in [-0.39, 0.29) is 0 Å². The van der Waals surface area contributed by atoms with Gasteiger partial charge in [-0.3, -0.25) is 0 Å². The second kappa shape index (κ2) is 6.18. The Labute approximate surface area is 119 Å². The van der Waals surface area contributed by atoms with Crippen LogP contribution in [0, 0.1) is 5.92 Å². The van der Waals surface area contributed by atoms with Gasteiger partial charge in [0.2, 0.25) is 0 Å². The number of nitrogens with two attached hydrogens (primary N) is 1. The van der Waals surface area contributed by atoms with Gasteiger partial charge in [0, 0.05) is 16.6 Å². The Bertz CT molecular complexity index is 384. The molecular weight excluding hydrogens is 288 g/mol. The summed E-state index contributed by atoms with van der Waals surface area (Å²) in [6.07, 6.45) is 4.83. The Kier molecular flexibility index (Phi) is 4.82. The maximum Gasteiger partial charge on any atom is 0.0370 e. The minimum absolute atomic E-state index is 0.423. The van der Waals surface area contributed by atoms with Gasteiger partial charge >= 0.3 is 0 Å². The summed E-state index contributed by atoms with van der Waals surface area (Å²) in [6, 6.07) is 9.64. The molecule has 1 aliphatic rings. The molecule has 100 valence electrons. The summed E-state index contributed by atoms with van der Waals surface area (Å²) in [4.78, 5) is 2.35. The van der Waals surface area contributed by atoms with E-state index in [0.29, 0.717) is 12.1 Å². The van der Waals surface area contributed by atoms with Crippen LogP contribution in [0.4, 0.5) is 0 Å². The third-order valence-corrected chi connectivity index (χ3v) is 4.50. The summed E-state index contributed by atoms with van der Waals surface area (Å²) in [7, 11) is 4.36. The summed E-state index contributed by atoms with van der Waals surface area (Å²) in [5.41, 5.74) is 7.43. The van der Waals surface area contributed by atoms with Crippen molar-refractivity contribution in [2.45, 2.75) is 37.8 Å². The van der Waals surface area contributed by atoms with Crippen molar-refractivity contribution < 1.29 is 0 Å². The Morgan fingerprint density at radius 2 is 1.89 bits per heavy atom. The first kappa shape index (κ1) is 14.0. The maximum absolute atomic E-state index is 6.01. The zero-order valence-electron chi connectivity index (χ0n) is 11.3. The fourth-order valence-electron chi connectivity index (χ4n) is 3.14. The highest BCUT2D eigenvalue weighted by atomic mass is 79.9. The molecular formula is C15H23BrN2. The summed E-state index contributed by atoms with van der Waals surface area (Å²) in [5, 5.41) is 0. The minimum Gasteiger partial charge on any atom is -0.328 e. The molecule has 0 heterocycles. The molecule has 1 unspecified atom stereocenters. The molecule has 2 rings (SSSR count). The van der Waals surface area contributed by atoms with Crippen molar-refractivity contribution in [2.75, 3.05) is 14.1 Å². The first-order chi connectivity index (χ1) is 8.58. The van der Waals surface area contributed by atoms with Gasteiger partial charge in [0.1, 0.15) is 0 Å². The van der Waals surface area contributed by atoms with Crippen LogP contribution in [-0.4, -0.2) is 25.0 Å². The van der Waals surface area contributed by atoms with E-state index in [2.05, 4.69) is 59.2 Å². The van der Waals surface area contributed by atoms with Crippen LogP contribution in [0.1, 0.15) is 37.3 Å². The number of hydrogen-bond donors (Lipinski definition) is 1. The van der Waals surface area contributed by atoms with E-state index in [4.69, 9.17) is 5.73 Å². The van der Waals surface area contributed by atoms with Gasteiger partial charge in [0.15, 0.2) is 0 Å². The molecule has 1 aromatic rings. The van der Waals surface area contributed by atoms with E-state index >= 15 is 0 Å². The van der Waals surface area contributed by atoms with Crippen LogP contribution < -0.4 is 5.73 Å². The lowest BCUT2D eigenvalue weighted by atomic mass is 9.79. The van der Waals surface area contributed by atoms with Crippen LogP contribution >= 0.6 is 15.9 Å². The lowest BCUT2D eigenvalue weighted by Gasteiger charge is -2.36. The predicted molar refractivity (Wildman–Crippen MR) is 80.5 cm³/mol. The summed E-state index contributed by atoms with van der Waals surface area (Å²) < 4.78 is 1.17. The molecule has 0 bridgehead atoms. The van der Waals surface area contributed by atoms with Crippen molar-refractivity contribution in [1.29, 1.82) is 0 Å². The van der Waals surface area contributed by atoms with Crippen molar-refractivity contribution in [3.05, 3.63) is 34.3 Å². The first-order valence-electron chi connectivity index (χ1n) is 6.75. The van der Waals surface area contributed by atoms with Crippen molar-refractivity contribution in [3.63, 3.8) is 0 Å². The zero-order valence-corrected chi connectivity index (χ0v) is 12.9. The van der Waals surface area contributed by atoms with E-state index in [1.165, 1.54) is 35.7 Å². The standard InChI is InChI=1S/C15H23BrN2/c1-18(2)15(11-6-8-14(17)9-7-11)12-4-3-5-13(16)10-12/h3-5,10-11,14-15H,6-9,17H2,1-2H3. The summed E-state index contributed by atoms with van der Waals surface area (Å²) >= 11 is 3.57.